The Kier molecular flexibility index (Phi) is 4.92. The highest BCUT2D eigenvalue weighted by molar-refractivity contribution is 5.29. The van der Waals surface area contributed by atoms with E-state index in [0.717, 1.165) is 31.4 Å². The molecule has 1 heteroatoms. The molecular weight excluding hydrogens is 256 g/mol. The van der Waals surface area contributed by atoms with Crippen molar-refractivity contribution in [2.45, 2.75) is 39.5 Å². The van der Waals surface area contributed by atoms with Crippen molar-refractivity contribution in [3.05, 3.63) is 60.9 Å². The van der Waals surface area contributed by atoms with Gasteiger partial charge < -0.3 is 4.74 Å². The molecule has 0 unspecified atom stereocenters. The first-order valence-electron chi connectivity index (χ1n) is 7.91. The SMILES string of the molecule is C=CCOC1=C(C)[C@H](CC=C)C2(CC=CC2)[C@H](C(=C)C)C1. The molecule has 2 rings (SSSR count). The van der Waals surface area contributed by atoms with Gasteiger partial charge in [0.25, 0.3) is 0 Å². The van der Waals surface area contributed by atoms with Gasteiger partial charge in [-0.3, -0.25) is 0 Å². The molecule has 0 saturated carbocycles. The maximum Gasteiger partial charge on any atom is 0.106 e. The van der Waals surface area contributed by atoms with E-state index in [1.807, 2.05) is 6.08 Å². The summed E-state index contributed by atoms with van der Waals surface area (Å²) in [5.74, 6) is 2.13. The van der Waals surface area contributed by atoms with Crippen molar-refractivity contribution < 1.29 is 4.74 Å². The summed E-state index contributed by atoms with van der Waals surface area (Å²) in [6, 6.07) is 0. The number of rotatable bonds is 6. The van der Waals surface area contributed by atoms with Crippen molar-refractivity contribution in [2.24, 2.45) is 17.3 Å². The van der Waals surface area contributed by atoms with Gasteiger partial charge in [0.15, 0.2) is 0 Å². The normalized spacial score (nSPS) is 27.0. The lowest BCUT2D eigenvalue weighted by molar-refractivity contribution is 0.0798. The molecule has 2 aliphatic rings. The zero-order valence-electron chi connectivity index (χ0n) is 13.5. The third kappa shape index (κ3) is 2.79. The molecule has 0 fully saturated rings. The van der Waals surface area contributed by atoms with Gasteiger partial charge >= 0.3 is 0 Å². The zero-order chi connectivity index (χ0) is 15.5. The van der Waals surface area contributed by atoms with E-state index in [9.17, 15) is 0 Å². The summed E-state index contributed by atoms with van der Waals surface area (Å²) in [7, 11) is 0. The molecule has 2 atom stereocenters. The Hall–Kier alpha value is -1.50. The summed E-state index contributed by atoms with van der Waals surface area (Å²) in [5.41, 5.74) is 2.96. The Morgan fingerprint density at radius 1 is 1.33 bits per heavy atom. The van der Waals surface area contributed by atoms with Crippen LogP contribution in [0.5, 0.6) is 0 Å². The van der Waals surface area contributed by atoms with Gasteiger partial charge in [0.1, 0.15) is 6.61 Å². The van der Waals surface area contributed by atoms with Crippen molar-refractivity contribution in [1.82, 2.24) is 0 Å². The molecule has 1 nitrogen and oxygen atoms in total. The summed E-state index contributed by atoms with van der Waals surface area (Å²) in [6.07, 6.45) is 12.8. The maximum atomic E-state index is 5.97. The van der Waals surface area contributed by atoms with E-state index < -0.39 is 0 Å². The van der Waals surface area contributed by atoms with E-state index in [2.05, 4.69) is 51.8 Å². The predicted molar refractivity (Wildman–Crippen MR) is 90.9 cm³/mol. The van der Waals surface area contributed by atoms with Gasteiger partial charge in [-0.1, -0.05) is 43.0 Å². The minimum Gasteiger partial charge on any atom is -0.494 e. The smallest absolute Gasteiger partial charge is 0.106 e. The molecule has 0 aromatic heterocycles. The Labute approximate surface area is 129 Å². The van der Waals surface area contributed by atoms with E-state index in [1.54, 1.807) is 0 Å². The van der Waals surface area contributed by atoms with Crippen LogP contribution in [0.4, 0.5) is 0 Å². The van der Waals surface area contributed by atoms with Crippen LogP contribution < -0.4 is 0 Å². The Bertz CT molecular complexity index is 484. The lowest BCUT2D eigenvalue weighted by atomic mass is 9.56. The topological polar surface area (TPSA) is 9.23 Å². The molecule has 21 heavy (non-hydrogen) atoms. The van der Waals surface area contributed by atoms with Gasteiger partial charge in [0, 0.05) is 6.42 Å². The first-order valence-corrected chi connectivity index (χ1v) is 7.91. The van der Waals surface area contributed by atoms with Crippen LogP contribution in [-0.2, 0) is 4.74 Å². The second kappa shape index (κ2) is 6.51. The molecule has 0 amide bonds. The molecule has 1 spiro atoms. The first-order chi connectivity index (χ1) is 10.1. The van der Waals surface area contributed by atoms with E-state index in [1.165, 1.54) is 11.1 Å². The van der Waals surface area contributed by atoms with Crippen LogP contribution in [0, 0.1) is 17.3 Å². The lowest BCUT2D eigenvalue weighted by Gasteiger charge is -2.49. The molecule has 0 heterocycles. The van der Waals surface area contributed by atoms with Crippen LogP contribution in [-0.4, -0.2) is 6.61 Å². The lowest BCUT2D eigenvalue weighted by Crippen LogP contribution is -2.41. The molecule has 0 saturated heterocycles. The van der Waals surface area contributed by atoms with Crippen molar-refractivity contribution in [3.8, 4) is 0 Å². The minimum atomic E-state index is 0.283. The average Bonchev–Trinajstić information content (AvgIpc) is 2.92. The van der Waals surface area contributed by atoms with E-state index >= 15 is 0 Å². The summed E-state index contributed by atoms with van der Waals surface area (Å²) in [4.78, 5) is 0. The number of allylic oxidation sites excluding steroid dienone is 6. The first kappa shape index (κ1) is 15.9. The van der Waals surface area contributed by atoms with Crippen LogP contribution in [0.2, 0.25) is 0 Å². The Morgan fingerprint density at radius 3 is 2.52 bits per heavy atom. The highest BCUT2D eigenvalue weighted by Gasteiger charge is 2.49. The molecule has 2 aliphatic carbocycles. The molecule has 0 aliphatic heterocycles. The van der Waals surface area contributed by atoms with E-state index in [-0.39, 0.29) is 5.41 Å². The Balaban J connectivity index is 2.43. The van der Waals surface area contributed by atoms with Crippen LogP contribution in [0.25, 0.3) is 0 Å². The summed E-state index contributed by atoms with van der Waals surface area (Å²) in [6.45, 7) is 17.0. The second-order valence-corrected chi connectivity index (χ2v) is 6.50. The van der Waals surface area contributed by atoms with E-state index in [0.29, 0.717) is 18.4 Å². The molecule has 114 valence electrons. The van der Waals surface area contributed by atoms with Gasteiger partial charge in [-0.25, -0.2) is 0 Å². The molecule has 0 aromatic carbocycles. The standard InChI is InChI=1S/C20H28O/c1-6-10-17-16(5)19(21-13-7-2)14-18(15(3)4)20(17)11-8-9-12-20/h6-9,17-18H,1-3,10-14H2,4-5H3/t17-,18-/m0/s1. The number of hydrogen-bond acceptors (Lipinski definition) is 1. The highest BCUT2D eigenvalue weighted by Crippen LogP contribution is 2.58. The van der Waals surface area contributed by atoms with Crippen molar-refractivity contribution in [3.63, 3.8) is 0 Å². The number of ether oxygens (including phenoxy) is 1. The molecule has 0 aromatic rings. The van der Waals surface area contributed by atoms with Crippen molar-refractivity contribution in [1.29, 1.82) is 0 Å². The average molecular weight is 284 g/mol. The fourth-order valence-corrected chi connectivity index (χ4v) is 4.25. The van der Waals surface area contributed by atoms with Crippen molar-refractivity contribution >= 4 is 0 Å². The number of hydrogen-bond donors (Lipinski definition) is 0. The highest BCUT2D eigenvalue weighted by atomic mass is 16.5. The fraction of sp³-hybridized carbons (Fsp3) is 0.500. The molecule has 0 N–H and O–H groups in total. The van der Waals surface area contributed by atoms with Gasteiger partial charge in [-0.05, 0) is 55.9 Å². The predicted octanol–water partition coefficient (Wildman–Crippen LogP) is 5.59. The third-order valence-corrected chi connectivity index (χ3v) is 5.28. The van der Waals surface area contributed by atoms with Gasteiger partial charge in [0.2, 0.25) is 0 Å². The van der Waals surface area contributed by atoms with Gasteiger partial charge in [0.05, 0.1) is 5.76 Å². The third-order valence-electron chi connectivity index (χ3n) is 5.28. The van der Waals surface area contributed by atoms with Gasteiger partial charge in [-0.15, -0.1) is 6.58 Å². The second-order valence-electron chi connectivity index (χ2n) is 6.50. The van der Waals surface area contributed by atoms with Gasteiger partial charge in [-0.2, -0.15) is 0 Å². The van der Waals surface area contributed by atoms with Crippen LogP contribution in [0.1, 0.15) is 39.5 Å². The minimum absolute atomic E-state index is 0.283. The van der Waals surface area contributed by atoms with Crippen LogP contribution in [0.3, 0.4) is 0 Å². The van der Waals surface area contributed by atoms with Crippen molar-refractivity contribution in [2.75, 3.05) is 6.61 Å². The maximum absolute atomic E-state index is 5.97. The monoisotopic (exact) mass is 284 g/mol. The molecule has 0 bridgehead atoms. The largest absolute Gasteiger partial charge is 0.494 e. The fourth-order valence-electron chi connectivity index (χ4n) is 4.25. The quantitative estimate of drug-likeness (QED) is 0.578. The van der Waals surface area contributed by atoms with E-state index in [4.69, 9.17) is 4.74 Å². The molecule has 0 radical (unpaired) electrons. The summed E-state index contributed by atoms with van der Waals surface area (Å²) >= 11 is 0. The van der Waals surface area contributed by atoms with Crippen LogP contribution in [0.15, 0.2) is 60.9 Å². The molecular formula is C20H28O. The Morgan fingerprint density at radius 2 is 2.00 bits per heavy atom. The van der Waals surface area contributed by atoms with Crippen LogP contribution >= 0.6 is 0 Å². The summed E-state index contributed by atoms with van der Waals surface area (Å²) < 4.78 is 5.97. The zero-order valence-corrected chi connectivity index (χ0v) is 13.5. The summed E-state index contributed by atoms with van der Waals surface area (Å²) in [5, 5.41) is 0.